The molecule has 1 rings (SSSR count). The van der Waals surface area contributed by atoms with Crippen molar-refractivity contribution >= 4 is 12.0 Å². The Balaban J connectivity index is 2.81. The first-order chi connectivity index (χ1) is 16.6. The lowest BCUT2D eigenvalue weighted by Gasteiger charge is -2.39. The highest BCUT2D eigenvalue weighted by molar-refractivity contribution is 5.87. The highest BCUT2D eigenvalue weighted by Gasteiger charge is 2.86. The van der Waals surface area contributed by atoms with Crippen LogP contribution in [0, 0.1) is 0 Å². The standard InChI is InChI=1S/C20H17F13O4/c1-35-13-5-2-12(3-6-13)4-7-14(34)36-10-11-37-20(32,33)19(30,31)18(28,29)17(26,27)15(21,22)8-9-16(23,24)25/h2-7H,8-11H2,1H3. The first-order valence-electron chi connectivity index (χ1n) is 9.70. The lowest BCUT2D eigenvalue weighted by Crippen LogP contribution is -2.67. The summed E-state index contributed by atoms with van der Waals surface area (Å²) in [6, 6.07) is 5.92. The molecule has 0 radical (unpaired) electrons. The number of methoxy groups -OCH3 is 1. The van der Waals surface area contributed by atoms with Gasteiger partial charge in [0.1, 0.15) is 12.4 Å². The molecule has 17 heteroatoms. The number of benzene rings is 1. The SMILES string of the molecule is COc1ccc(C=CC(=O)OCCOC(F)(F)C(F)(F)C(F)(F)C(F)(F)C(F)(F)CCC(F)(F)F)cc1. The van der Waals surface area contributed by atoms with Gasteiger partial charge in [-0.05, 0) is 23.8 Å². The fourth-order valence-electron chi connectivity index (χ4n) is 2.40. The minimum Gasteiger partial charge on any atom is -0.497 e. The van der Waals surface area contributed by atoms with Gasteiger partial charge in [0.25, 0.3) is 0 Å². The molecule has 0 atom stereocenters. The molecular formula is C20H17F13O4. The molecule has 0 fully saturated rings. The summed E-state index contributed by atoms with van der Waals surface area (Å²) in [4.78, 5) is 11.5. The Kier molecular flexibility index (Phi) is 9.91. The van der Waals surface area contributed by atoms with Crippen LogP contribution in [0.4, 0.5) is 57.1 Å². The van der Waals surface area contributed by atoms with Gasteiger partial charge in [0.05, 0.1) is 13.7 Å². The van der Waals surface area contributed by atoms with Crippen LogP contribution in [0.25, 0.3) is 6.08 Å². The molecule has 0 amide bonds. The van der Waals surface area contributed by atoms with Gasteiger partial charge in [-0.1, -0.05) is 12.1 Å². The van der Waals surface area contributed by atoms with E-state index in [9.17, 15) is 61.9 Å². The fraction of sp³-hybridized carbons (Fsp3) is 0.550. The summed E-state index contributed by atoms with van der Waals surface area (Å²) < 4.78 is 184. The van der Waals surface area contributed by atoms with Crippen LogP contribution in [-0.2, 0) is 14.3 Å². The maximum atomic E-state index is 13.6. The topological polar surface area (TPSA) is 44.8 Å². The average Bonchev–Trinajstić information content (AvgIpc) is 2.78. The number of hydrogen-bond donors (Lipinski definition) is 0. The summed E-state index contributed by atoms with van der Waals surface area (Å²) in [6.45, 7) is -3.10. The number of ether oxygens (including phenoxy) is 3. The van der Waals surface area contributed by atoms with Crippen molar-refractivity contribution in [2.45, 2.75) is 48.8 Å². The van der Waals surface area contributed by atoms with E-state index in [2.05, 4.69) is 9.47 Å². The maximum absolute atomic E-state index is 13.6. The zero-order valence-electron chi connectivity index (χ0n) is 18.3. The van der Waals surface area contributed by atoms with E-state index in [1.807, 2.05) is 0 Å². The van der Waals surface area contributed by atoms with Gasteiger partial charge in [-0.15, -0.1) is 0 Å². The Hall–Kier alpha value is -2.72. The molecule has 1 aromatic rings. The summed E-state index contributed by atoms with van der Waals surface area (Å²) in [5.74, 6) is -29.6. The molecule has 0 spiro atoms. The van der Waals surface area contributed by atoms with E-state index in [0.717, 1.165) is 12.2 Å². The van der Waals surface area contributed by atoms with Crippen molar-refractivity contribution in [2.24, 2.45) is 0 Å². The number of alkyl halides is 13. The molecular weight excluding hydrogens is 551 g/mol. The van der Waals surface area contributed by atoms with Crippen LogP contribution >= 0.6 is 0 Å². The highest BCUT2D eigenvalue weighted by Crippen LogP contribution is 2.58. The fourth-order valence-corrected chi connectivity index (χ4v) is 2.40. The van der Waals surface area contributed by atoms with Crippen molar-refractivity contribution in [2.75, 3.05) is 20.3 Å². The van der Waals surface area contributed by atoms with Crippen molar-refractivity contribution in [3.05, 3.63) is 35.9 Å². The lowest BCUT2D eigenvalue weighted by atomic mass is 9.95. The van der Waals surface area contributed by atoms with Crippen LogP contribution in [0.1, 0.15) is 18.4 Å². The summed E-state index contributed by atoms with van der Waals surface area (Å²) >= 11 is 0. The first kappa shape index (κ1) is 32.3. The van der Waals surface area contributed by atoms with Crippen molar-refractivity contribution in [1.82, 2.24) is 0 Å². The average molecular weight is 568 g/mol. The van der Waals surface area contributed by atoms with Crippen LogP contribution in [-0.4, -0.2) is 62.3 Å². The van der Waals surface area contributed by atoms with Gasteiger partial charge < -0.3 is 14.2 Å². The second-order valence-electron chi connectivity index (χ2n) is 7.18. The molecule has 0 aliphatic rings. The monoisotopic (exact) mass is 568 g/mol. The van der Waals surface area contributed by atoms with Gasteiger partial charge in [0.15, 0.2) is 0 Å². The second-order valence-corrected chi connectivity index (χ2v) is 7.18. The Morgan fingerprint density at radius 1 is 0.757 bits per heavy atom. The van der Waals surface area contributed by atoms with E-state index < -0.39 is 68.0 Å². The number of halogens is 13. The van der Waals surface area contributed by atoms with Crippen LogP contribution in [0.2, 0.25) is 0 Å². The first-order valence-corrected chi connectivity index (χ1v) is 9.70. The Bertz CT molecular complexity index is 925. The number of esters is 1. The molecule has 0 N–H and O–H groups in total. The zero-order chi connectivity index (χ0) is 28.9. The van der Waals surface area contributed by atoms with Gasteiger partial charge in [-0.2, -0.15) is 57.1 Å². The summed E-state index contributed by atoms with van der Waals surface area (Å²) in [5.41, 5.74) is 0.412. The molecule has 212 valence electrons. The normalized spacial score (nSPS) is 14.2. The molecule has 0 aromatic heterocycles. The van der Waals surface area contributed by atoms with Gasteiger partial charge in [0, 0.05) is 18.9 Å². The van der Waals surface area contributed by atoms with E-state index >= 15 is 0 Å². The molecule has 37 heavy (non-hydrogen) atoms. The maximum Gasteiger partial charge on any atom is 0.426 e. The van der Waals surface area contributed by atoms with Crippen molar-refractivity contribution in [1.29, 1.82) is 0 Å². The number of rotatable bonds is 13. The molecule has 1 aromatic carbocycles. The molecule has 0 saturated carbocycles. The van der Waals surface area contributed by atoms with Crippen LogP contribution in [0.5, 0.6) is 5.75 Å². The van der Waals surface area contributed by atoms with Gasteiger partial charge in [0.2, 0.25) is 0 Å². The second kappa shape index (κ2) is 11.3. The summed E-state index contributed by atoms with van der Waals surface area (Å²) in [7, 11) is 1.38. The Morgan fingerprint density at radius 3 is 1.78 bits per heavy atom. The Morgan fingerprint density at radius 2 is 1.30 bits per heavy atom. The molecule has 4 nitrogen and oxygen atoms in total. The third-order valence-corrected chi connectivity index (χ3v) is 4.47. The molecule has 0 aliphatic heterocycles. The minimum atomic E-state index is -7.59. The third kappa shape index (κ3) is 7.64. The largest absolute Gasteiger partial charge is 0.497 e. The molecule has 0 unspecified atom stereocenters. The number of carbonyl (C=O) groups excluding carboxylic acids is 1. The van der Waals surface area contributed by atoms with Crippen molar-refractivity contribution in [3.8, 4) is 5.75 Å². The van der Waals surface area contributed by atoms with Crippen LogP contribution in [0.3, 0.4) is 0 Å². The van der Waals surface area contributed by atoms with E-state index in [0.29, 0.717) is 11.3 Å². The lowest BCUT2D eigenvalue weighted by molar-refractivity contribution is -0.446. The predicted octanol–water partition coefficient (Wildman–Crippen LogP) is 6.74. The highest BCUT2D eigenvalue weighted by atomic mass is 19.4. The molecule has 0 heterocycles. The van der Waals surface area contributed by atoms with Crippen molar-refractivity contribution in [3.63, 3.8) is 0 Å². The zero-order valence-corrected chi connectivity index (χ0v) is 18.3. The van der Waals surface area contributed by atoms with E-state index in [1.54, 1.807) is 0 Å². The van der Waals surface area contributed by atoms with Gasteiger partial charge >= 0.3 is 41.9 Å². The molecule has 0 saturated heterocycles. The summed E-state index contributed by atoms with van der Waals surface area (Å²) in [5, 5.41) is 0. The molecule has 0 aliphatic carbocycles. The third-order valence-electron chi connectivity index (χ3n) is 4.47. The minimum absolute atomic E-state index is 0.412. The summed E-state index contributed by atoms with van der Waals surface area (Å²) in [6.07, 6.45) is -16.2. The van der Waals surface area contributed by atoms with Crippen molar-refractivity contribution < 1.29 is 76.1 Å². The van der Waals surface area contributed by atoms with Crippen LogP contribution < -0.4 is 4.74 Å². The van der Waals surface area contributed by atoms with E-state index in [-0.39, 0.29) is 0 Å². The number of carbonyl (C=O) groups is 1. The smallest absolute Gasteiger partial charge is 0.426 e. The predicted molar refractivity (Wildman–Crippen MR) is 99.0 cm³/mol. The van der Waals surface area contributed by atoms with Gasteiger partial charge in [-0.25, -0.2) is 4.79 Å². The van der Waals surface area contributed by atoms with Gasteiger partial charge in [-0.3, -0.25) is 0 Å². The molecule has 0 bridgehead atoms. The quantitative estimate of drug-likeness (QED) is 0.114. The van der Waals surface area contributed by atoms with E-state index in [1.165, 1.54) is 31.4 Å². The number of hydrogen-bond acceptors (Lipinski definition) is 4. The Labute approximate surface area is 200 Å². The van der Waals surface area contributed by atoms with E-state index in [4.69, 9.17) is 4.74 Å². The van der Waals surface area contributed by atoms with Crippen LogP contribution in [0.15, 0.2) is 30.3 Å².